The number of carbonyl (C=O) groups excluding carboxylic acids is 2. The quantitative estimate of drug-likeness (QED) is 0.651. The van der Waals surface area contributed by atoms with Gasteiger partial charge in [-0.25, -0.2) is 0 Å². The Balaban J connectivity index is 1.61. The Labute approximate surface area is 151 Å². The zero-order chi connectivity index (χ0) is 18.4. The van der Waals surface area contributed by atoms with Gasteiger partial charge in [0.2, 0.25) is 5.91 Å². The maximum absolute atomic E-state index is 12.1. The zero-order valence-electron chi connectivity index (χ0n) is 14.2. The number of rotatable bonds is 5. The van der Waals surface area contributed by atoms with Crippen molar-refractivity contribution < 1.29 is 9.59 Å². The molecule has 0 unspecified atom stereocenters. The minimum atomic E-state index is -0.202. The van der Waals surface area contributed by atoms with Crippen LogP contribution in [0.3, 0.4) is 0 Å². The van der Waals surface area contributed by atoms with Gasteiger partial charge in [-0.3, -0.25) is 14.6 Å². The largest absolute Gasteiger partial charge is 0.356 e. The molecule has 3 aromatic rings. The summed E-state index contributed by atoms with van der Waals surface area (Å²) in [6, 6.07) is 18.2. The number of hydrogen-bond acceptors (Lipinski definition) is 4. The lowest BCUT2D eigenvalue weighted by Gasteiger charge is -2.09. The highest BCUT2D eigenvalue weighted by Gasteiger charge is 2.05. The van der Waals surface area contributed by atoms with Gasteiger partial charge >= 0.3 is 0 Å². The van der Waals surface area contributed by atoms with E-state index in [9.17, 15) is 9.59 Å². The fourth-order valence-electron chi connectivity index (χ4n) is 2.34. The fraction of sp³-hybridized carbons (Fsp3) is 0.0500. The molecule has 2 aromatic carbocycles. The molecule has 3 N–H and O–H groups in total. The first kappa shape index (κ1) is 17.2. The van der Waals surface area contributed by atoms with Crippen molar-refractivity contribution in [2.24, 2.45) is 0 Å². The number of amides is 2. The van der Waals surface area contributed by atoms with Gasteiger partial charge in [-0.2, -0.15) is 0 Å². The van der Waals surface area contributed by atoms with Crippen LogP contribution in [0.5, 0.6) is 0 Å². The maximum atomic E-state index is 12.1. The second-order valence-corrected chi connectivity index (χ2v) is 5.66. The van der Waals surface area contributed by atoms with Crippen LogP contribution in [0, 0.1) is 0 Å². The molecule has 1 aromatic heterocycles. The van der Waals surface area contributed by atoms with Gasteiger partial charge in [0.05, 0.1) is 5.56 Å². The highest BCUT2D eigenvalue weighted by atomic mass is 16.2. The molecule has 3 rings (SSSR count). The molecule has 0 aliphatic heterocycles. The van der Waals surface area contributed by atoms with E-state index in [1.54, 1.807) is 18.3 Å². The first-order chi connectivity index (χ1) is 12.6. The first-order valence-electron chi connectivity index (χ1n) is 8.06. The molecule has 6 heteroatoms. The lowest BCUT2D eigenvalue weighted by molar-refractivity contribution is -0.114. The number of nitrogens with zero attached hydrogens (tertiary/aromatic N) is 1. The number of aromatic nitrogens is 1. The molecule has 2 amide bonds. The van der Waals surface area contributed by atoms with E-state index in [0.717, 1.165) is 17.1 Å². The van der Waals surface area contributed by atoms with E-state index in [-0.39, 0.29) is 11.8 Å². The third-order valence-electron chi connectivity index (χ3n) is 3.56. The van der Waals surface area contributed by atoms with Crippen LogP contribution >= 0.6 is 0 Å². The number of nitrogens with one attached hydrogen (secondary N) is 3. The Morgan fingerprint density at radius 2 is 1.31 bits per heavy atom. The monoisotopic (exact) mass is 346 g/mol. The van der Waals surface area contributed by atoms with Crippen LogP contribution in [0.4, 0.5) is 22.7 Å². The number of hydrogen-bond donors (Lipinski definition) is 3. The van der Waals surface area contributed by atoms with Gasteiger partial charge in [-0.1, -0.05) is 0 Å². The number of anilines is 4. The van der Waals surface area contributed by atoms with Crippen LogP contribution in [0.15, 0.2) is 73.1 Å². The van der Waals surface area contributed by atoms with Crippen molar-refractivity contribution >= 4 is 34.6 Å². The molecule has 130 valence electrons. The topological polar surface area (TPSA) is 83.1 Å². The Bertz CT molecular complexity index is 891. The molecule has 0 fully saturated rings. The van der Waals surface area contributed by atoms with E-state index >= 15 is 0 Å². The highest BCUT2D eigenvalue weighted by molar-refractivity contribution is 6.04. The third-order valence-corrected chi connectivity index (χ3v) is 3.56. The van der Waals surface area contributed by atoms with E-state index in [2.05, 4.69) is 20.9 Å². The Hall–Kier alpha value is -3.67. The molecule has 0 aliphatic rings. The fourth-order valence-corrected chi connectivity index (χ4v) is 2.34. The molecule has 0 bridgehead atoms. The van der Waals surface area contributed by atoms with Crippen molar-refractivity contribution in [1.29, 1.82) is 0 Å². The zero-order valence-corrected chi connectivity index (χ0v) is 14.2. The summed E-state index contributed by atoms with van der Waals surface area (Å²) in [5, 5.41) is 8.81. The summed E-state index contributed by atoms with van der Waals surface area (Å²) < 4.78 is 0. The van der Waals surface area contributed by atoms with Crippen LogP contribution in [-0.2, 0) is 4.79 Å². The van der Waals surface area contributed by atoms with Gasteiger partial charge in [0.25, 0.3) is 5.91 Å². The summed E-state index contributed by atoms with van der Waals surface area (Å²) in [6.45, 7) is 1.47. The van der Waals surface area contributed by atoms with Gasteiger partial charge in [0, 0.05) is 42.1 Å². The molecule has 0 saturated carbocycles. The predicted octanol–water partition coefficient (Wildman–Crippen LogP) is 4.04. The predicted molar refractivity (Wildman–Crippen MR) is 103 cm³/mol. The van der Waals surface area contributed by atoms with E-state index in [0.29, 0.717) is 11.3 Å². The number of pyridine rings is 1. The average molecular weight is 346 g/mol. The lowest BCUT2D eigenvalue weighted by atomic mass is 10.2. The van der Waals surface area contributed by atoms with E-state index in [1.165, 1.54) is 13.1 Å². The van der Waals surface area contributed by atoms with Crippen LogP contribution in [0.2, 0.25) is 0 Å². The normalized spacial score (nSPS) is 10.0. The Morgan fingerprint density at radius 3 is 1.81 bits per heavy atom. The average Bonchev–Trinajstić information content (AvgIpc) is 2.65. The van der Waals surface area contributed by atoms with Crippen molar-refractivity contribution in [3.05, 3.63) is 78.6 Å². The smallest absolute Gasteiger partial charge is 0.257 e. The van der Waals surface area contributed by atoms with Crippen LogP contribution < -0.4 is 16.0 Å². The molecule has 1 heterocycles. The van der Waals surface area contributed by atoms with Crippen molar-refractivity contribution in [2.75, 3.05) is 16.0 Å². The van der Waals surface area contributed by atoms with E-state index in [1.807, 2.05) is 48.5 Å². The van der Waals surface area contributed by atoms with Gasteiger partial charge in [-0.05, 0) is 60.7 Å². The Morgan fingerprint density at radius 1 is 0.769 bits per heavy atom. The summed E-state index contributed by atoms with van der Waals surface area (Å²) in [6.07, 6.45) is 3.15. The maximum Gasteiger partial charge on any atom is 0.257 e. The summed E-state index contributed by atoms with van der Waals surface area (Å²) in [5.74, 6) is -0.304. The molecule has 0 saturated heterocycles. The second-order valence-electron chi connectivity index (χ2n) is 5.66. The summed E-state index contributed by atoms with van der Waals surface area (Å²) in [7, 11) is 0. The highest BCUT2D eigenvalue weighted by Crippen LogP contribution is 2.21. The summed E-state index contributed by atoms with van der Waals surface area (Å²) in [5.41, 5.74) is 3.73. The Kier molecular flexibility index (Phi) is 5.24. The number of carbonyl (C=O) groups is 2. The lowest BCUT2D eigenvalue weighted by Crippen LogP contribution is -2.11. The molecule has 26 heavy (non-hydrogen) atoms. The van der Waals surface area contributed by atoms with Gasteiger partial charge < -0.3 is 16.0 Å². The number of benzene rings is 2. The molecule has 0 radical (unpaired) electrons. The summed E-state index contributed by atoms with van der Waals surface area (Å²) in [4.78, 5) is 27.1. The summed E-state index contributed by atoms with van der Waals surface area (Å²) >= 11 is 0. The van der Waals surface area contributed by atoms with Crippen molar-refractivity contribution in [3.63, 3.8) is 0 Å². The van der Waals surface area contributed by atoms with E-state index < -0.39 is 0 Å². The molecular formula is C20H18N4O2. The van der Waals surface area contributed by atoms with Crippen LogP contribution in [-0.4, -0.2) is 16.8 Å². The van der Waals surface area contributed by atoms with Gasteiger partial charge in [-0.15, -0.1) is 0 Å². The van der Waals surface area contributed by atoms with Crippen LogP contribution in [0.25, 0.3) is 0 Å². The van der Waals surface area contributed by atoms with E-state index in [4.69, 9.17) is 0 Å². The van der Waals surface area contributed by atoms with Crippen molar-refractivity contribution in [3.8, 4) is 0 Å². The SMILES string of the molecule is CC(=O)Nc1ccc(Nc2ccc(NC(=O)c3cccnc3)cc2)cc1. The first-order valence-corrected chi connectivity index (χ1v) is 8.06. The molecular weight excluding hydrogens is 328 g/mol. The molecule has 6 nitrogen and oxygen atoms in total. The van der Waals surface area contributed by atoms with Gasteiger partial charge in [0.1, 0.15) is 0 Å². The second kappa shape index (κ2) is 7.94. The van der Waals surface area contributed by atoms with Crippen molar-refractivity contribution in [2.45, 2.75) is 6.92 Å². The minimum absolute atomic E-state index is 0.102. The van der Waals surface area contributed by atoms with Crippen LogP contribution in [0.1, 0.15) is 17.3 Å². The minimum Gasteiger partial charge on any atom is -0.356 e. The third kappa shape index (κ3) is 4.67. The molecule has 0 aliphatic carbocycles. The molecule has 0 spiro atoms. The van der Waals surface area contributed by atoms with Gasteiger partial charge in [0.15, 0.2) is 0 Å². The van der Waals surface area contributed by atoms with Crippen molar-refractivity contribution in [1.82, 2.24) is 4.98 Å². The molecule has 0 atom stereocenters. The standard InChI is InChI=1S/C20H18N4O2/c1-14(25)22-16-4-6-17(7-5-16)23-18-8-10-19(11-9-18)24-20(26)15-3-2-12-21-13-15/h2-13,23H,1H3,(H,22,25)(H,24,26).